The summed E-state index contributed by atoms with van der Waals surface area (Å²) < 4.78 is 26.8. The normalized spacial score (nSPS) is 26.2. The van der Waals surface area contributed by atoms with Crippen molar-refractivity contribution in [3.8, 4) is 0 Å². The summed E-state index contributed by atoms with van der Waals surface area (Å²) in [5.74, 6) is 0. The van der Waals surface area contributed by atoms with Crippen LogP contribution in [-0.4, -0.2) is 35.2 Å². The van der Waals surface area contributed by atoms with Crippen molar-refractivity contribution < 1.29 is 13.7 Å². The molecule has 0 aliphatic heterocycles. The van der Waals surface area contributed by atoms with Crippen LogP contribution in [-0.2, 0) is 25.9 Å². The van der Waals surface area contributed by atoms with Gasteiger partial charge in [0.2, 0.25) is 0 Å². The Morgan fingerprint density at radius 2 is 1.96 bits per heavy atom. The first-order valence-corrected chi connectivity index (χ1v) is 9.09. The molecule has 0 spiro atoms. The molecule has 0 saturated heterocycles. The van der Waals surface area contributed by atoms with Crippen LogP contribution < -0.4 is 0 Å². The van der Waals surface area contributed by atoms with Crippen LogP contribution in [0.15, 0.2) is 28.7 Å². The third-order valence-corrected chi connectivity index (χ3v) is 5.54. The van der Waals surface area contributed by atoms with Crippen molar-refractivity contribution in [3.63, 3.8) is 0 Å². The van der Waals surface area contributed by atoms with Crippen molar-refractivity contribution in [2.45, 2.75) is 49.9 Å². The highest BCUT2D eigenvalue weighted by atomic mass is 35.5. The highest BCUT2D eigenvalue weighted by molar-refractivity contribution is 7.85. The average Bonchev–Trinajstić information content (AvgIpc) is 2.45. The number of nitrogens with zero attached hydrogens (tertiary/aromatic N) is 1. The number of hydrogen-bond donors (Lipinski definition) is 0. The van der Waals surface area contributed by atoms with Crippen molar-refractivity contribution in [2.75, 3.05) is 13.9 Å². The standard InChI is InChI=1S/C17H24ClNO3S/c1-16(2,3)23(20)19-11-17(9-15(10-17)22-12-21-4)13-5-7-14(18)8-6-13/h5-8,11,15H,9-10,12H2,1-4H3/t15?,17?,23-/m0/s1. The summed E-state index contributed by atoms with van der Waals surface area (Å²) >= 11 is 5.98. The zero-order valence-corrected chi connectivity index (χ0v) is 15.6. The Bertz CT molecular complexity index is 574. The quantitative estimate of drug-likeness (QED) is 0.573. The maximum atomic E-state index is 12.2. The summed E-state index contributed by atoms with van der Waals surface area (Å²) in [6, 6.07) is 7.74. The fourth-order valence-corrected chi connectivity index (χ4v) is 3.28. The summed E-state index contributed by atoms with van der Waals surface area (Å²) in [5.41, 5.74) is 0.873. The number of hydrogen-bond acceptors (Lipinski definition) is 3. The minimum Gasteiger partial charge on any atom is -0.359 e. The van der Waals surface area contributed by atoms with Crippen LogP contribution in [0.2, 0.25) is 5.02 Å². The molecule has 1 aliphatic carbocycles. The number of ether oxygens (including phenoxy) is 2. The molecule has 0 heterocycles. The Hall–Kier alpha value is -0.750. The molecule has 23 heavy (non-hydrogen) atoms. The number of halogens is 1. The molecule has 1 aromatic carbocycles. The molecule has 1 aliphatic rings. The van der Waals surface area contributed by atoms with Gasteiger partial charge in [-0.05, 0) is 51.3 Å². The number of methoxy groups -OCH3 is 1. The second-order valence-corrected chi connectivity index (χ2v) is 9.23. The van der Waals surface area contributed by atoms with Crippen molar-refractivity contribution in [1.29, 1.82) is 0 Å². The molecular weight excluding hydrogens is 334 g/mol. The minimum absolute atomic E-state index is 0.125. The Balaban J connectivity index is 2.19. The summed E-state index contributed by atoms with van der Waals surface area (Å²) in [6.45, 7) is 6.04. The van der Waals surface area contributed by atoms with Crippen LogP contribution in [0.3, 0.4) is 0 Å². The maximum Gasteiger partial charge on any atom is 0.146 e. The van der Waals surface area contributed by atoms with E-state index in [4.69, 9.17) is 21.1 Å². The lowest BCUT2D eigenvalue weighted by molar-refractivity contribution is -0.110. The van der Waals surface area contributed by atoms with Gasteiger partial charge in [-0.25, -0.2) is 4.21 Å². The molecule has 4 nitrogen and oxygen atoms in total. The first-order valence-electron chi connectivity index (χ1n) is 7.61. The van der Waals surface area contributed by atoms with Gasteiger partial charge in [-0.3, -0.25) is 0 Å². The Labute approximate surface area is 145 Å². The molecule has 128 valence electrons. The van der Waals surface area contributed by atoms with Gasteiger partial charge in [0.15, 0.2) is 0 Å². The molecule has 0 bridgehead atoms. The van der Waals surface area contributed by atoms with Gasteiger partial charge >= 0.3 is 0 Å². The van der Waals surface area contributed by atoms with Crippen LogP contribution in [0.25, 0.3) is 0 Å². The molecule has 0 N–H and O–H groups in total. The molecule has 1 saturated carbocycles. The van der Waals surface area contributed by atoms with E-state index in [9.17, 15) is 4.21 Å². The average molecular weight is 358 g/mol. The predicted molar refractivity (Wildman–Crippen MR) is 95.5 cm³/mol. The highest BCUT2D eigenvalue weighted by Gasteiger charge is 2.45. The van der Waals surface area contributed by atoms with Gasteiger partial charge in [0.05, 0.1) is 10.9 Å². The van der Waals surface area contributed by atoms with E-state index in [0.29, 0.717) is 5.02 Å². The zero-order chi connectivity index (χ0) is 17.1. The fraction of sp³-hybridized carbons (Fsp3) is 0.588. The number of rotatable bonds is 6. The van der Waals surface area contributed by atoms with Crippen molar-refractivity contribution in [1.82, 2.24) is 0 Å². The molecule has 6 heteroatoms. The summed E-state index contributed by atoms with van der Waals surface area (Å²) in [7, 11) is 0.342. The molecule has 1 atom stereocenters. The van der Waals surface area contributed by atoms with Gasteiger partial charge < -0.3 is 9.47 Å². The second-order valence-electron chi connectivity index (χ2n) is 6.86. The molecule has 1 fully saturated rings. The predicted octanol–water partition coefficient (Wildman–Crippen LogP) is 3.89. The van der Waals surface area contributed by atoms with Gasteiger partial charge in [0, 0.05) is 23.8 Å². The van der Waals surface area contributed by atoms with E-state index in [1.807, 2.05) is 51.3 Å². The van der Waals surface area contributed by atoms with Crippen LogP contribution in [0, 0.1) is 0 Å². The Kier molecular flexibility index (Phi) is 6.00. The SMILES string of the molecule is COCOC1CC(C=N[S@@](=O)C(C)(C)C)(c2ccc(Cl)cc2)C1. The summed E-state index contributed by atoms with van der Waals surface area (Å²) in [4.78, 5) is 0. The third kappa shape index (κ3) is 4.63. The van der Waals surface area contributed by atoms with Crippen molar-refractivity contribution >= 4 is 28.8 Å². The number of benzene rings is 1. The molecule has 0 unspecified atom stereocenters. The maximum absolute atomic E-state index is 12.2. The molecule has 1 aromatic rings. The van der Waals surface area contributed by atoms with Crippen LogP contribution >= 0.6 is 11.6 Å². The first kappa shape index (κ1) is 18.6. The Morgan fingerprint density at radius 1 is 1.35 bits per heavy atom. The van der Waals surface area contributed by atoms with Crippen LogP contribution in [0.4, 0.5) is 0 Å². The van der Waals surface area contributed by atoms with Gasteiger partial charge in [0.1, 0.15) is 17.8 Å². The molecular formula is C17H24ClNO3S. The van der Waals surface area contributed by atoms with E-state index in [1.54, 1.807) is 7.11 Å². The van der Waals surface area contributed by atoms with E-state index in [1.165, 1.54) is 0 Å². The third-order valence-electron chi connectivity index (χ3n) is 3.94. The summed E-state index contributed by atoms with van der Waals surface area (Å²) in [5, 5.41) is 0.700. The zero-order valence-electron chi connectivity index (χ0n) is 14.0. The molecule has 0 radical (unpaired) electrons. The largest absolute Gasteiger partial charge is 0.359 e. The van der Waals surface area contributed by atoms with E-state index < -0.39 is 11.0 Å². The van der Waals surface area contributed by atoms with Gasteiger partial charge in [-0.15, -0.1) is 0 Å². The lowest BCUT2D eigenvalue weighted by Gasteiger charge is -2.45. The highest BCUT2D eigenvalue weighted by Crippen LogP contribution is 2.44. The lowest BCUT2D eigenvalue weighted by atomic mass is 9.63. The van der Waals surface area contributed by atoms with E-state index in [-0.39, 0.29) is 23.1 Å². The molecule has 2 rings (SSSR count). The molecule has 0 amide bonds. The second kappa shape index (κ2) is 7.43. The van der Waals surface area contributed by atoms with E-state index in [2.05, 4.69) is 4.40 Å². The Morgan fingerprint density at radius 3 is 2.48 bits per heavy atom. The van der Waals surface area contributed by atoms with Gasteiger partial charge in [-0.1, -0.05) is 23.7 Å². The first-order chi connectivity index (χ1) is 10.8. The van der Waals surface area contributed by atoms with Crippen molar-refractivity contribution in [2.24, 2.45) is 4.40 Å². The minimum atomic E-state index is -1.27. The lowest BCUT2D eigenvalue weighted by Crippen LogP contribution is -2.47. The van der Waals surface area contributed by atoms with Crippen LogP contribution in [0.1, 0.15) is 39.2 Å². The topological polar surface area (TPSA) is 47.9 Å². The van der Waals surface area contributed by atoms with Crippen LogP contribution in [0.5, 0.6) is 0 Å². The van der Waals surface area contributed by atoms with Gasteiger partial charge in [-0.2, -0.15) is 4.40 Å². The van der Waals surface area contributed by atoms with Gasteiger partial charge in [0.25, 0.3) is 0 Å². The smallest absolute Gasteiger partial charge is 0.146 e. The van der Waals surface area contributed by atoms with Crippen molar-refractivity contribution in [3.05, 3.63) is 34.9 Å². The summed E-state index contributed by atoms with van der Waals surface area (Å²) in [6.07, 6.45) is 3.55. The van der Waals surface area contributed by atoms with E-state index >= 15 is 0 Å². The van der Waals surface area contributed by atoms with E-state index in [0.717, 1.165) is 18.4 Å². The monoisotopic (exact) mass is 357 g/mol. The fourth-order valence-electron chi connectivity index (χ4n) is 2.54. The molecule has 0 aromatic heterocycles.